The largest absolute Gasteiger partial charge is 0.345 e. The van der Waals surface area contributed by atoms with Gasteiger partial charge in [0, 0.05) is 29.1 Å². The lowest BCUT2D eigenvalue weighted by Gasteiger charge is -2.19. The second-order valence-electron chi connectivity index (χ2n) is 9.43. The van der Waals surface area contributed by atoms with Crippen molar-refractivity contribution in [1.29, 1.82) is 0 Å². The van der Waals surface area contributed by atoms with Crippen LogP contribution >= 0.6 is 11.8 Å². The summed E-state index contributed by atoms with van der Waals surface area (Å²) in [6.07, 6.45) is 0. The van der Waals surface area contributed by atoms with Crippen LogP contribution in [0.4, 0.5) is 10.1 Å². The Balaban J connectivity index is 1.56. The van der Waals surface area contributed by atoms with Crippen LogP contribution < -0.4 is 5.32 Å². The summed E-state index contributed by atoms with van der Waals surface area (Å²) in [5.74, 6) is 0.418. The number of thioether (sulfide) groups is 1. The highest BCUT2D eigenvalue weighted by Crippen LogP contribution is 2.27. The molecule has 0 bridgehead atoms. The zero-order valence-corrected chi connectivity index (χ0v) is 21.5. The molecule has 0 saturated carbocycles. The van der Waals surface area contributed by atoms with Crippen molar-refractivity contribution in [2.45, 2.75) is 43.6 Å². The van der Waals surface area contributed by atoms with E-state index in [2.05, 4.69) is 36.3 Å². The quantitative estimate of drug-likeness (QED) is 0.178. The van der Waals surface area contributed by atoms with Crippen LogP contribution in [0.15, 0.2) is 78.0 Å². The number of carbonyl (C=O) groups excluding carboxylic acids is 1. The van der Waals surface area contributed by atoms with Gasteiger partial charge in [-0.2, -0.15) is 0 Å². The number of nitrogens with zero attached hydrogens (tertiary/aromatic N) is 4. The summed E-state index contributed by atoms with van der Waals surface area (Å²) in [6, 6.07) is 19.7. The predicted octanol–water partition coefficient (Wildman–Crippen LogP) is 5.83. The van der Waals surface area contributed by atoms with Crippen molar-refractivity contribution >= 4 is 23.4 Å². The van der Waals surface area contributed by atoms with Crippen molar-refractivity contribution in [2.24, 2.45) is 0 Å². The normalized spacial score (nSPS) is 11.4. The number of nitro groups is 1. The highest BCUT2D eigenvalue weighted by atomic mass is 32.2. The summed E-state index contributed by atoms with van der Waals surface area (Å²) in [6.45, 7) is 6.43. The Bertz CT molecular complexity index is 1400. The molecule has 4 rings (SSSR count). The van der Waals surface area contributed by atoms with Crippen LogP contribution in [0.25, 0.3) is 5.69 Å². The minimum Gasteiger partial charge on any atom is -0.345 e. The van der Waals surface area contributed by atoms with Crippen molar-refractivity contribution in [3.8, 4) is 5.69 Å². The van der Waals surface area contributed by atoms with E-state index < -0.39 is 4.92 Å². The van der Waals surface area contributed by atoms with Gasteiger partial charge in [-0.15, -0.1) is 10.2 Å². The minimum absolute atomic E-state index is 0.0157. The molecule has 0 saturated heterocycles. The summed E-state index contributed by atoms with van der Waals surface area (Å²) in [5.41, 5.74) is 3.13. The average molecular weight is 520 g/mol. The summed E-state index contributed by atoms with van der Waals surface area (Å²) in [5, 5.41) is 23.1. The molecule has 1 heterocycles. The zero-order chi connectivity index (χ0) is 26.6. The first-order valence-electron chi connectivity index (χ1n) is 11.6. The van der Waals surface area contributed by atoms with E-state index in [1.165, 1.54) is 36.0 Å². The number of carbonyl (C=O) groups is 1. The fourth-order valence-corrected chi connectivity index (χ4v) is 4.53. The third-order valence-electron chi connectivity index (χ3n) is 5.72. The number of rotatable bonds is 8. The van der Waals surface area contributed by atoms with Gasteiger partial charge in [-0.1, -0.05) is 56.8 Å². The van der Waals surface area contributed by atoms with E-state index in [0.29, 0.717) is 28.0 Å². The van der Waals surface area contributed by atoms with Gasteiger partial charge in [-0.25, -0.2) is 4.39 Å². The van der Waals surface area contributed by atoms with E-state index in [-0.39, 0.29) is 29.4 Å². The van der Waals surface area contributed by atoms with Crippen molar-refractivity contribution in [3.05, 3.63) is 111 Å². The summed E-state index contributed by atoms with van der Waals surface area (Å²) < 4.78 is 15.0. The van der Waals surface area contributed by atoms with Gasteiger partial charge in [-0.05, 0) is 52.9 Å². The highest BCUT2D eigenvalue weighted by Gasteiger charge is 2.18. The SMILES string of the molecule is CC(C)(C)c1ccc(C(=O)NCc2nnc(SCc3ccc(F)cc3)n2-c2ccc([N+](=O)[O-])cc2)cc1. The molecule has 10 heteroatoms. The van der Waals surface area contributed by atoms with Crippen LogP contribution in [0, 0.1) is 15.9 Å². The van der Waals surface area contributed by atoms with Crippen LogP contribution in [-0.4, -0.2) is 25.6 Å². The average Bonchev–Trinajstić information content (AvgIpc) is 3.29. The van der Waals surface area contributed by atoms with Gasteiger partial charge in [0.05, 0.1) is 11.5 Å². The highest BCUT2D eigenvalue weighted by molar-refractivity contribution is 7.98. The fourth-order valence-electron chi connectivity index (χ4n) is 3.60. The zero-order valence-electron chi connectivity index (χ0n) is 20.6. The first-order chi connectivity index (χ1) is 17.6. The predicted molar refractivity (Wildman–Crippen MR) is 140 cm³/mol. The second kappa shape index (κ2) is 10.9. The Hall–Kier alpha value is -4.05. The molecular formula is C27H26FN5O3S. The number of non-ortho nitro benzene ring substituents is 1. The summed E-state index contributed by atoms with van der Waals surface area (Å²) in [4.78, 5) is 23.4. The number of hydrogen-bond donors (Lipinski definition) is 1. The number of hydrogen-bond acceptors (Lipinski definition) is 6. The van der Waals surface area contributed by atoms with Gasteiger partial charge in [-0.3, -0.25) is 19.5 Å². The van der Waals surface area contributed by atoms with Crippen molar-refractivity contribution in [2.75, 3.05) is 0 Å². The number of halogens is 1. The molecule has 0 unspecified atom stereocenters. The van der Waals surface area contributed by atoms with Crippen LogP contribution in [-0.2, 0) is 17.7 Å². The molecule has 1 aromatic heterocycles. The monoisotopic (exact) mass is 519 g/mol. The first kappa shape index (κ1) is 26.0. The van der Waals surface area contributed by atoms with E-state index in [9.17, 15) is 19.3 Å². The van der Waals surface area contributed by atoms with E-state index in [0.717, 1.165) is 11.1 Å². The number of benzene rings is 3. The molecule has 4 aromatic rings. The third kappa shape index (κ3) is 6.39. The van der Waals surface area contributed by atoms with Crippen LogP contribution in [0.1, 0.15) is 48.1 Å². The molecule has 0 aliphatic carbocycles. The molecule has 3 aromatic carbocycles. The smallest absolute Gasteiger partial charge is 0.269 e. The maximum Gasteiger partial charge on any atom is 0.269 e. The maximum absolute atomic E-state index is 13.3. The van der Waals surface area contributed by atoms with Crippen LogP contribution in [0.3, 0.4) is 0 Å². The van der Waals surface area contributed by atoms with Gasteiger partial charge < -0.3 is 5.32 Å². The van der Waals surface area contributed by atoms with Crippen LogP contribution in [0.5, 0.6) is 0 Å². The Morgan fingerprint density at radius 1 is 1.00 bits per heavy atom. The lowest BCUT2D eigenvalue weighted by molar-refractivity contribution is -0.384. The lowest BCUT2D eigenvalue weighted by atomic mass is 9.87. The molecule has 37 heavy (non-hydrogen) atoms. The van der Waals surface area contributed by atoms with Gasteiger partial charge in [0.15, 0.2) is 11.0 Å². The molecule has 1 N–H and O–H groups in total. The molecule has 8 nitrogen and oxygen atoms in total. The topological polar surface area (TPSA) is 103 Å². The van der Waals surface area contributed by atoms with Gasteiger partial charge in [0.25, 0.3) is 11.6 Å². The molecule has 1 amide bonds. The Kier molecular flexibility index (Phi) is 7.68. The standard InChI is InChI=1S/C27H26FN5O3S/c1-27(2,3)20-8-6-19(7-9-20)25(34)29-16-24-30-31-26(37-17-18-4-10-21(28)11-5-18)32(24)22-12-14-23(15-13-22)33(35)36/h4-15H,16-17H2,1-3H3,(H,29,34). The molecule has 0 radical (unpaired) electrons. The van der Waals surface area contributed by atoms with Gasteiger partial charge >= 0.3 is 0 Å². The Labute approximate surface area is 218 Å². The number of nitro benzene ring substituents is 1. The fraction of sp³-hybridized carbons (Fsp3) is 0.222. The van der Waals surface area contributed by atoms with Crippen LogP contribution in [0.2, 0.25) is 0 Å². The maximum atomic E-state index is 13.3. The molecule has 0 fully saturated rings. The van der Waals surface area contributed by atoms with E-state index >= 15 is 0 Å². The molecule has 0 aliphatic rings. The first-order valence-corrected chi connectivity index (χ1v) is 12.6. The van der Waals surface area contributed by atoms with E-state index in [4.69, 9.17) is 0 Å². The Morgan fingerprint density at radius 2 is 1.65 bits per heavy atom. The lowest BCUT2D eigenvalue weighted by Crippen LogP contribution is -2.25. The molecular weight excluding hydrogens is 493 g/mol. The van der Waals surface area contributed by atoms with Crippen molar-refractivity contribution in [1.82, 2.24) is 20.1 Å². The molecule has 0 spiro atoms. The molecule has 0 aliphatic heterocycles. The minimum atomic E-state index is -0.466. The summed E-state index contributed by atoms with van der Waals surface area (Å²) in [7, 11) is 0. The van der Waals surface area contributed by atoms with E-state index in [1.807, 2.05) is 12.1 Å². The number of aromatic nitrogens is 3. The number of amides is 1. The number of nitrogens with one attached hydrogen (secondary N) is 1. The second-order valence-corrected chi connectivity index (χ2v) is 10.4. The molecule has 190 valence electrons. The van der Waals surface area contributed by atoms with E-state index in [1.54, 1.807) is 41.0 Å². The Morgan fingerprint density at radius 3 is 2.24 bits per heavy atom. The third-order valence-corrected chi connectivity index (χ3v) is 6.72. The summed E-state index contributed by atoms with van der Waals surface area (Å²) >= 11 is 1.39. The molecule has 0 atom stereocenters. The van der Waals surface area contributed by atoms with Gasteiger partial charge in [0.1, 0.15) is 5.82 Å². The van der Waals surface area contributed by atoms with Crippen molar-refractivity contribution < 1.29 is 14.1 Å². The van der Waals surface area contributed by atoms with Gasteiger partial charge in [0.2, 0.25) is 0 Å². The van der Waals surface area contributed by atoms with Crippen molar-refractivity contribution in [3.63, 3.8) is 0 Å².